The van der Waals surface area contributed by atoms with Crippen LogP contribution in [0.5, 0.6) is 0 Å². The number of hydrogen-bond donors (Lipinski definition) is 2. The molecule has 0 radical (unpaired) electrons. The van der Waals surface area contributed by atoms with E-state index in [-0.39, 0.29) is 11.8 Å². The predicted octanol–water partition coefficient (Wildman–Crippen LogP) is 3.61. The third kappa shape index (κ3) is 5.89. The maximum atomic E-state index is 12.6. The van der Waals surface area contributed by atoms with Gasteiger partial charge in [0.05, 0.1) is 24.9 Å². The first-order chi connectivity index (χ1) is 16.0. The maximum absolute atomic E-state index is 12.6. The summed E-state index contributed by atoms with van der Waals surface area (Å²) in [6.07, 6.45) is 1.36. The third-order valence-corrected chi connectivity index (χ3v) is 6.76. The van der Waals surface area contributed by atoms with Gasteiger partial charge in [0, 0.05) is 17.8 Å². The van der Waals surface area contributed by atoms with Crippen LogP contribution in [0.2, 0.25) is 0 Å². The third-order valence-electron chi connectivity index (χ3n) is 6.76. The Balaban J connectivity index is 1.25. The van der Waals surface area contributed by atoms with Crippen LogP contribution in [0.25, 0.3) is 0 Å². The fourth-order valence-corrected chi connectivity index (χ4v) is 4.70. The second kappa shape index (κ2) is 10.8. The van der Waals surface area contributed by atoms with Crippen LogP contribution >= 0.6 is 0 Å². The Morgan fingerprint density at radius 1 is 1.06 bits per heavy atom. The van der Waals surface area contributed by atoms with Crippen LogP contribution in [0.15, 0.2) is 60.7 Å². The standard InChI is InChI=1S/C27H34N4O2/c1-20-25(21(2)31(29-20)18-22-9-5-3-6-10-22)17-28-26(32)19-30-15-13-24(14-16-30)27(33)23-11-7-4-8-12-23/h3-12,24,27,33H,13-19H2,1-2H3,(H,28,32). The highest BCUT2D eigenvalue weighted by atomic mass is 16.3. The molecule has 3 aromatic rings. The highest BCUT2D eigenvalue weighted by molar-refractivity contribution is 5.78. The lowest BCUT2D eigenvalue weighted by molar-refractivity contribution is -0.122. The van der Waals surface area contributed by atoms with Gasteiger partial charge in [-0.15, -0.1) is 0 Å². The lowest BCUT2D eigenvalue weighted by Crippen LogP contribution is -2.42. The predicted molar refractivity (Wildman–Crippen MR) is 130 cm³/mol. The molecule has 174 valence electrons. The first-order valence-corrected chi connectivity index (χ1v) is 11.8. The molecule has 1 amide bonds. The number of hydrogen-bond acceptors (Lipinski definition) is 4. The second-order valence-electron chi connectivity index (χ2n) is 9.04. The van der Waals surface area contributed by atoms with Crippen LogP contribution in [0.3, 0.4) is 0 Å². The van der Waals surface area contributed by atoms with Crippen LogP contribution in [-0.2, 0) is 17.9 Å². The van der Waals surface area contributed by atoms with E-state index in [0.29, 0.717) is 13.1 Å². The fourth-order valence-electron chi connectivity index (χ4n) is 4.70. The number of carbonyl (C=O) groups excluding carboxylic acids is 1. The van der Waals surface area contributed by atoms with Gasteiger partial charge in [-0.2, -0.15) is 5.10 Å². The first kappa shape index (κ1) is 23.2. The molecule has 6 heteroatoms. The summed E-state index contributed by atoms with van der Waals surface area (Å²) in [5, 5.41) is 18.4. The van der Waals surface area contributed by atoms with E-state index < -0.39 is 6.10 Å². The van der Waals surface area contributed by atoms with E-state index in [2.05, 4.69) is 34.4 Å². The quantitative estimate of drug-likeness (QED) is 0.555. The summed E-state index contributed by atoms with van der Waals surface area (Å²) < 4.78 is 2.01. The number of aryl methyl sites for hydroxylation is 1. The molecule has 2 N–H and O–H groups in total. The Hall–Kier alpha value is -2.96. The summed E-state index contributed by atoms with van der Waals surface area (Å²) in [6, 6.07) is 20.1. The molecule has 1 unspecified atom stereocenters. The van der Waals surface area contributed by atoms with E-state index in [1.165, 1.54) is 5.56 Å². The minimum Gasteiger partial charge on any atom is -0.388 e. The molecule has 2 heterocycles. The molecule has 0 aliphatic carbocycles. The number of piperidine rings is 1. The number of aliphatic hydroxyl groups excluding tert-OH is 1. The van der Waals surface area contributed by atoms with Crippen LogP contribution in [0, 0.1) is 19.8 Å². The number of aliphatic hydroxyl groups is 1. The highest BCUT2D eigenvalue weighted by Crippen LogP contribution is 2.30. The Labute approximate surface area is 196 Å². The molecule has 1 fully saturated rings. The average Bonchev–Trinajstić information content (AvgIpc) is 3.11. The normalized spacial score (nSPS) is 16.0. The van der Waals surface area contributed by atoms with Crippen molar-refractivity contribution in [1.29, 1.82) is 0 Å². The Kier molecular flexibility index (Phi) is 7.57. The Bertz CT molecular complexity index is 1040. The van der Waals surface area contributed by atoms with Gasteiger partial charge in [0.25, 0.3) is 0 Å². The summed E-state index contributed by atoms with van der Waals surface area (Å²) in [7, 11) is 0. The molecule has 2 aromatic carbocycles. The van der Waals surface area contributed by atoms with Gasteiger partial charge in [0.1, 0.15) is 0 Å². The number of nitrogens with one attached hydrogen (secondary N) is 1. The van der Waals surface area contributed by atoms with E-state index in [0.717, 1.165) is 55.0 Å². The molecular formula is C27H34N4O2. The van der Waals surface area contributed by atoms with Gasteiger partial charge in [-0.3, -0.25) is 14.4 Å². The molecule has 0 saturated carbocycles. The van der Waals surface area contributed by atoms with Gasteiger partial charge in [-0.05, 0) is 56.8 Å². The molecule has 0 bridgehead atoms. The van der Waals surface area contributed by atoms with E-state index in [1.54, 1.807) is 0 Å². The summed E-state index contributed by atoms with van der Waals surface area (Å²) >= 11 is 0. The minimum absolute atomic E-state index is 0.0340. The topological polar surface area (TPSA) is 70.4 Å². The van der Waals surface area contributed by atoms with Crippen LogP contribution in [-0.4, -0.2) is 45.3 Å². The zero-order valence-corrected chi connectivity index (χ0v) is 19.6. The van der Waals surface area contributed by atoms with Gasteiger partial charge in [-0.1, -0.05) is 60.7 Å². The van der Waals surface area contributed by atoms with Crippen molar-refractivity contribution in [3.05, 3.63) is 88.7 Å². The van der Waals surface area contributed by atoms with Crippen molar-refractivity contribution in [3.63, 3.8) is 0 Å². The van der Waals surface area contributed by atoms with Gasteiger partial charge < -0.3 is 10.4 Å². The van der Waals surface area contributed by atoms with E-state index in [4.69, 9.17) is 0 Å². The molecule has 1 aliphatic rings. The summed E-state index contributed by atoms with van der Waals surface area (Å²) in [5.74, 6) is 0.277. The zero-order valence-electron chi connectivity index (χ0n) is 19.6. The number of carbonyl (C=O) groups is 1. The van der Waals surface area contributed by atoms with Gasteiger partial charge in [-0.25, -0.2) is 0 Å². The van der Waals surface area contributed by atoms with Crippen molar-refractivity contribution in [2.45, 2.75) is 45.9 Å². The Morgan fingerprint density at radius 3 is 2.36 bits per heavy atom. The minimum atomic E-state index is -0.430. The average molecular weight is 447 g/mol. The zero-order chi connectivity index (χ0) is 23.2. The number of amides is 1. The van der Waals surface area contributed by atoms with Crippen LogP contribution in [0.1, 0.15) is 47.0 Å². The van der Waals surface area contributed by atoms with E-state index in [1.807, 2.05) is 60.1 Å². The van der Waals surface area contributed by atoms with Crippen molar-refractivity contribution in [2.75, 3.05) is 19.6 Å². The molecule has 33 heavy (non-hydrogen) atoms. The summed E-state index contributed by atoms with van der Waals surface area (Å²) in [6.45, 7) is 7.33. The second-order valence-corrected chi connectivity index (χ2v) is 9.04. The first-order valence-electron chi connectivity index (χ1n) is 11.8. The largest absolute Gasteiger partial charge is 0.388 e. The van der Waals surface area contributed by atoms with Crippen molar-refractivity contribution in [1.82, 2.24) is 20.0 Å². The Morgan fingerprint density at radius 2 is 1.70 bits per heavy atom. The SMILES string of the molecule is Cc1nn(Cc2ccccc2)c(C)c1CNC(=O)CN1CCC(C(O)c2ccccc2)CC1. The number of nitrogens with zero attached hydrogens (tertiary/aromatic N) is 3. The fraction of sp³-hybridized carbons (Fsp3) is 0.407. The lowest BCUT2D eigenvalue weighted by Gasteiger charge is -2.34. The van der Waals surface area contributed by atoms with Crippen molar-refractivity contribution in [3.8, 4) is 0 Å². The van der Waals surface area contributed by atoms with Gasteiger partial charge in [0.2, 0.25) is 5.91 Å². The molecule has 6 nitrogen and oxygen atoms in total. The number of benzene rings is 2. The molecule has 1 saturated heterocycles. The summed E-state index contributed by atoms with van der Waals surface area (Å²) in [5.41, 5.74) is 5.32. The van der Waals surface area contributed by atoms with Crippen molar-refractivity contribution in [2.24, 2.45) is 5.92 Å². The highest BCUT2D eigenvalue weighted by Gasteiger charge is 2.27. The molecule has 0 spiro atoms. The van der Waals surface area contributed by atoms with Gasteiger partial charge in [0.15, 0.2) is 0 Å². The maximum Gasteiger partial charge on any atom is 0.234 e. The summed E-state index contributed by atoms with van der Waals surface area (Å²) in [4.78, 5) is 14.8. The number of likely N-dealkylation sites (tertiary alicyclic amines) is 1. The van der Waals surface area contributed by atoms with Crippen molar-refractivity contribution < 1.29 is 9.90 Å². The molecule has 4 rings (SSSR count). The number of rotatable bonds is 8. The van der Waals surface area contributed by atoms with Crippen molar-refractivity contribution >= 4 is 5.91 Å². The van der Waals surface area contributed by atoms with Gasteiger partial charge >= 0.3 is 0 Å². The smallest absolute Gasteiger partial charge is 0.234 e. The molecule has 1 atom stereocenters. The molecular weight excluding hydrogens is 412 g/mol. The molecule has 1 aromatic heterocycles. The van der Waals surface area contributed by atoms with E-state index in [9.17, 15) is 9.90 Å². The van der Waals surface area contributed by atoms with Crippen LogP contribution < -0.4 is 5.32 Å². The number of aromatic nitrogens is 2. The monoisotopic (exact) mass is 446 g/mol. The molecule has 1 aliphatic heterocycles. The lowest BCUT2D eigenvalue weighted by atomic mass is 9.87. The van der Waals surface area contributed by atoms with E-state index >= 15 is 0 Å². The van der Waals surface area contributed by atoms with Crippen LogP contribution in [0.4, 0.5) is 0 Å².